The highest BCUT2D eigenvalue weighted by Gasteiger charge is 2.31. The third-order valence-electron chi connectivity index (χ3n) is 6.69. The zero-order valence-electron chi connectivity index (χ0n) is 18.7. The van der Waals surface area contributed by atoms with Gasteiger partial charge < -0.3 is 4.74 Å². The van der Waals surface area contributed by atoms with E-state index in [0.29, 0.717) is 24.1 Å². The molecule has 2 aromatic rings. The maximum absolute atomic E-state index is 13.0. The summed E-state index contributed by atoms with van der Waals surface area (Å²) in [4.78, 5) is 2.90. The van der Waals surface area contributed by atoms with Crippen molar-refractivity contribution in [1.29, 1.82) is 0 Å². The van der Waals surface area contributed by atoms with Gasteiger partial charge in [-0.2, -0.15) is 4.31 Å². The zero-order chi connectivity index (χ0) is 21.8. The van der Waals surface area contributed by atoms with Crippen LogP contribution in [0.15, 0.2) is 53.4 Å². The first-order valence-electron chi connectivity index (χ1n) is 11.4. The maximum Gasteiger partial charge on any atom is 0.243 e. The molecule has 2 aliphatic rings. The van der Waals surface area contributed by atoms with E-state index in [1.54, 1.807) is 16.4 Å². The van der Waals surface area contributed by atoms with Gasteiger partial charge in [0.05, 0.1) is 17.1 Å². The predicted octanol–water partition coefficient (Wildman–Crippen LogP) is 4.14. The van der Waals surface area contributed by atoms with E-state index in [2.05, 4.69) is 35.2 Å². The van der Waals surface area contributed by atoms with E-state index in [4.69, 9.17) is 4.74 Å². The Labute approximate surface area is 187 Å². The number of rotatable bonds is 6. The molecule has 0 aliphatic carbocycles. The molecule has 2 fully saturated rings. The molecule has 0 unspecified atom stereocenters. The van der Waals surface area contributed by atoms with Crippen LogP contribution in [0.2, 0.25) is 0 Å². The maximum atomic E-state index is 13.0. The van der Waals surface area contributed by atoms with Crippen LogP contribution in [-0.4, -0.2) is 56.0 Å². The van der Waals surface area contributed by atoms with Crippen LogP contribution in [0.4, 0.5) is 0 Å². The number of benzene rings is 2. The minimum absolute atomic E-state index is 0.164. The molecule has 0 aromatic heterocycles. The van der Waals surface area contributed by atoms with Gasteiger partial charge in [-0.15, -0.1) is 0 Å². The average Bonchev–Trinajstić information content (AvgIpc) is 2.78. The van der Waals surface area contributed by atoms with Gasteiger partial charge in [0, 0.05) is 32.7 Å². The molecule has 0 radical (unpaired) electrons. The largest absolute Gasteiger partial charge is 0.375 e. The SMILES string of the molecule is Cc1ccc(S(=O)(=O)N2CCC(OC3CCN(Cc4ccccc4)CC3)CC2)cc1C. The van der Waals surface area contributed by atoms with Gasteiger partial charge in [-0.1, -0.05) is 36.4 Å². The summed E-state index contributed by atoms with van der Waals surface area (Å²) in [6.45, 7) is 8.14. The molecule has 4 rings (SSSR count). The van der Waals surface area contributed by atoms with Crippen LogP contribution >= 0.6 is 0 Å². The van der Waals surface area contributed by atoms with Gasteiger partial charge in [0.1, 0.15) is 0 Å². The van der Waals surface area contributed by atoms with Crippen molar-refractivity contribution in [2.24, 2.45) is 0 Å². The van der Waals surface area contributed by atoms with Gasteiger partial charge in [0.25, 0.3) is 0 Å². The lowest BCUT2D eigenvalue weighted by Gasteiger charge is -2.36. The van der Waals surface area contributed by atoms with Crippen molar-refractivity contribution in [3.63, 3.8) is 0 Å². The van der Waals surface area contributed by atoms with E-state index in [1.165, 1.54) is 5.56 Å². The molecule has 5 nitrogen and oxygen atoms in total. The van der Waals surface area contributed by atoms with Gasteiger partial charge in [0.2, 0.25) is 10.0 Å². The van der Waals surface area contributed by atoms with Crippen molar-refractivity contribution in [2.45, 2.75) is 63.2 Å². The summed E-state index contributed by atoms with van der Waals surface area (Å²) < 4.78 is 34.0. The van der Waals surface area contributed by atoms with Crippen molar-refractivity contribution in [2.75, 3.05) is 26.2 Å². The Bertz CT molecular complexity index is 962. The number of sulfonamides is 1. The standard InChI is InChI=1S/C25H34N2O3S/c1-20-8-9-25(18-21(20)2)31(28,29)27-16-12-24(13-17-27)30-23-10-14-26(15-11-23)19-22-6-4-3-5-7-22/h3-9,18,23-24H,10-17,19H2,1-2H3. The summed E-state index contributed by atoms with van der Waals surface area (Å²) in [6, 6.07) is 16.0. The molecule has 2 aromatic carbocycles. The van der Waals surface area contributed by atoms with Crippen molar-refractivity contribution < 1.29 is 13.2 Å². The molecule has 0 saturated carbocycles. The van der Waals surface area contributed by atoms with Crippen molar-refractivity contribution in [3.05, 3.63) is 65.2 Å². The molecular weight excluding hydrogens is 408 g/mol. The monoisotopic (exact) mass is 442 g/mol. The number of likely N-dealkylation sites (tertiary alicyclic amines) is 1. The van der Waals surface area contributed by atoms with Crippen LogP contribution < -0.4 is 0 Å². The second-order valence-electron chi connectivity index (χ2n) is 8.95. The number of hydrogen-bond acceptors (Lipinski definition) is 4. The minimum atomic E-state index is -3.42. The summed E-state index contributed by atoms with van der Waals surface area (Å²) in [5, 5.41) is 0. The van der Waals surface area contributed by atoms with Crippen LogP contribution in [-0.2, 0) is 21.3 Å². The first-order valence-corrected chi connectivity index (χ1v) is 12.8. The Balaban J connectivity index is 1.24. The lowest BCUT2D eigenvalue weighted by Crippen LogP contribution is -2.43. The van der Waals surface area contributed by atoms with Crippen LogP contribution in [0.25, 0.3) is 0 Å². The zero-order valence-corrected chi connectivity index (χ0v) is 19.5. The highest BCUT2D eigenvalue weighted by Crippen LogP contribution is 2.26. The quantitative estimate of drug-likeness (QED) is 0.675. The van der Waals surface area contributed by atoms with Crippen molar-refractivity contribution >= 4 is 10.0 Å². The van der Waals surface area contributed by atoms with Gasteiger partial charge in [0.15, 0.2) is 0 Å². The number of nitrogens with zero attached hydrogens (tertiary/aromatic N) is 2. The van der Waals surface area contributed by atoms with Crippen LogP contribution in [0.1, 0.15) is 42.4 Å². The van der Waals surface area contributed by atoms with Crippen molar-refractivity contribution in [1.82, 2.24) is 9.21 Å². The molecule has 2 aliphatic heterocycles. The van der Waals surface area contributed by atoms with E-state index in [1.807, 2.05) is 19.9 Å². The number of aryl methyl sites for hydroxylation is 2. The Morgan fingerprint density at radius 1 is 0.839 bits per heavy atom. The summed E-state index contributed by atoms with van der Waals surface area (Å²) in [5.41, 5.74) is 3.48. The van der Waals surface area contributed by atoms with Gasteiger partial charge in [-0.25, -0.2) is 8.42 Å². The lowest BCUT2D eigenvalue weighted by atomic mass is 10.0. The lowest BCUT2D eigenvalue weighted by molar-refractivity contribution is -0.0595. The Hall–Kier alpha value is -1.73. The highest BCUT2D eigenvalue weighted by molar-refractivity contribution is 7.89. The van der Waals surface area contributed by atoms with E-state index in [0.717, 1.165) is 56.4 Å². The fourth-order valence-electron chi connectivity index (χ4n) is 4.55. The van der Waals surface area contributed by atoms with Crippen LogP contribution in [0.5, 0.6) is 0 Å². The van der Waals surface area contributed by atoms with Gasteiger partial charge >= 0.3 is 0 Å². The normalized spacial score (nSPS) is 20.2. The van der Waals surface area contributed by atoms with Gasteiger partial charge in [-0.05, 0) is 68.4 Å². The summed E-state index contributed by atoms with van der Waals surface area (Å²) in [7, 11) is -3.42. The molecule has 2 heterocycles. The molecule has 168 valence electrons. The Kier molecular flexibility index (Phi) is 7.12. The Morgan fingerprint density at radius 3 is 2.06 bits per heavy atom. The minimum Gasteiger partial charge on any atom is -0.375 e. The second kappa shape index (κ2) is 9.82. The van der Waals surface area contributed by atoms with E-state index >= 15 is 0 Å². The smallest absolute Gasteiger partial charge is 0.243 e. The predicted molar refractivity (Wildman–Crippen MR) is 124 cm³/mol. The number of piperidine rings is 2. The molecule has 0 atom stereocenters. The second-order valence-corrected chi connectivity index (χ2v) is 10.9. The third-order valence-corrected chi connectivity index (χ3v) is 8.58. The van der Waals surface area contributed by atoms with Gasteiger partial charge in [-0.3, -0.25) is 4.90 Å². The molecule has 0 N–H and O–H groups in total. The Morgan fingerprint density at radius 2 is 1.45 bits per heavy atom. The van der Waals surface area contributed by atoms with E-state index < -0.39 is 10.0 Å². The number of hydrogen-bond donors (Lipinski definition) is 0. The highest BCUT2D eigenvalue weighted by atomic mass is 32.2. The first kappa shape index (κ1) is 22.5. The number of ether oxygens (including phenoxy) is 1. The molecule has 0 amide bonds. The van der Waals surface area contributed by atoms with E-state index in [9.17, 15) is 8.42 Å². The molecule has 6 heteroatoms. The summed E-state index contributed by atoms with van der Waals surface area (Å²) in [6.07, 6.45) is 4.10. The van der Waals surface area contributed by atoms with Crippen molar-refractivity contribution in [3.8, 4) is 0 Å². The summed E-state index contributed by atoms with van der Waals surface area (Å²) in [5.74, 6) is 0. The third kappa shape index (κ3) is 5.55. The molecule has 31 heavy (non-hydrogen) atoms. The fourth-order valence-corrected chi connectivity index (χ4v) is 6.10. The molecule has 0 bridgehead atoms. The first-order chi connectivity index (χ1) is 14.9. The topological polar surface area (TPSA) is 49.9 Å². The van der Waals surface area contributed by atoms with E-state index in [-0.39, 0.29) is 6.10 Å². The molecule has 2 saturated heterocycles. The molecule has 0 spiro atoms. The van der Waals surface area contributed by atoms with Crippen LogP contribution in [0, 0.1) is 13.8 Å². The molecular formula is C25H34N2O3S. The summed E-state index contributed by atoms with van der Waals surface area (Å²) >= 11 is 0. The fraction of sp³-hybridized carbons (Fsp3) is 0.520. The average molecular weight is 443 g/mol. The van der Waals surface area contributed by atoms with Crippen LogP contribution in [0.3, 0.4) is 0 Å².